The quantitative estimate of drug-likeness (QED) is 0.704. The third-order valence-corrected chi connectivity index (χ3v) is 1.70. The topological polar surface area (TPSA) is 34.1 Å². The van der Waals surface area contributed by atoms with E-state index in [9.17, 15) is 0 Å². The number of aromatic nitrogens is 1. The van der Waals surface area contributed by atoms with Gasteiger partial charge >= 0.3 is 0 Å². The molecule has 0 fully saturated rings. The summed E-state index contributed by atoms with van der Waals surface area (Å²) in [5, 5.41) is 3.06. The van der Waals surface area contributed by atoms with Crippen LogP contribution in [0.4, 0.5) is 5.69 Å². The zero-order valence-electron chi connectivity index (χ0n) is 8.21. The highest BCUT2D eigenvalue weighted by Gasteiger charge is 1.95. The monoisotopic (exact) mass is 180 g/mol. The second-order valence-corrected chi connectivity index (χ2v) is 2.84. The highest BCUT2D eigenvalue weighted by molar-refractivity contribution is 5.42. The Morgan fingerprint density at radius 3 is 3.08 bits per heavy atom. The number of ether oxygens (including phenoxy) is 1. The molecule has 1 heterocycles. The van der Waals surface area contributed by atoms with E-state index in [4.69, 9.17) is 4.74 Å². The minimum Gasteiger partial charge on any atom is -0.388 e. The molecule has 0 aliphatic heterocycles. The summed E-state index contributed by atoms with van der Waals surface area (Å²) >= 11 is 0. The fraction of sp³-hybridized carbons (Fsp3) is 0.500. The maximum Gasteiger partial charge on any atom is 0.0888 e. The van der Waals surface area contributed by atoms with Crippen molar-refractivity contribution in [2.45, 2.75) is 20.0 Å². The van der Waals surface area contributed by atoms with Gasteiger partial charge in [0.15, 0.2) is 0 Å². The molecule has 0 bridgehead atoms. The lowest BCUT2D eigenvalue weighted by molar-refractivity contribution is 0.119. The number of nitrogens with zero attached hydrogens (tertiary/aromatic N) is 1. The molecule has 0 spiro atoms. The van der Waals surface area contributed by atoms with Crippen LogP contribution in [0.15, 0.2) is 18.3 Å². The third-order valence-electron chi connectivity index (χ3n) is 1.70. The predicted octanol–water partition coefficient (Wildman–Crippen LogP) is 2.05. The van der Waals surface area contributed by atoms with Crippen LogP contribution in [0, 0.1) is 0 Å². The molecule has 0 saturated carbocycles. The van der Waals surface area contributed by atoms with Crippen molar-refractivity contribution >= 4 is 5.69 Å². The van der Waals surface area contributed by atoms with E-state index in [-0.39, 0.29) is 0 Å². The number of pyridine rings is 1. The van der Waals surface area contributed by atoms with Gasteiger partial charge in [-0.25, -0.2) is 0 Å². The number of nitrogens with one attached hydrogen (secondary N) is 1. The maximum absolute atomic E-state index is 5.38. The zero-order chi connectivity index (χ0) is 9.52. The molecule has 0 aliphatic carbocycles. The van der Waals surface area contributed by atoms with E-state index in [1.54, 1.807) is 6.20 Å². The van der Waals surface area contributed by atoms with Gasteiger partial charge in [0.1, 0.15) is 0 Å². The molecule has 1 rings (SSSR count). The predicted molar refractivity (Wildman–Crippen MR) is 53.7 cm³/mol. The van der Waals surface area contributed by atoms with Gasteiger partial charge < -0.3 is 10.1 Å². The Balaban J connectivity index is 2.46. The average molecular weight is 180 g/mol. The van der Waals surface area contributed by atoms with E-state index < -0.39 is 0 Å². The van der Waals surface area contributed by atoms with E-state index in [2.05, 4.69) is 17.2 Å². The second-order valence-electron chi connectivity index (χ2n) is 2.84. The van der Waals surface area contributed by atoms with Crippen molar-refractivity contribution in [2.75, 3.05) is 19.0 Å². The summed E-state index contributed by atoms with van der Waals surface area (Å²) in [5.74, 6) is 0. The van der Waals surface area contributed by atoms with Gasteiger partial charge in [-0.05, 0) is 18.6 Å². The molecule has 1 aromatic rings. The number of anilines is 1. The first-order chi connectivity index (χ1) is 6.36. The fourth-order valence-corrected chi connectivity index (χ4v) is 1.03. The first-order valence-electron chi connectivity index (χ1n) is 4.57. The summed E-state index contributed by atoms with van der Waals surface area (Å²) < 4.78 is 5.38. The Labute approximate surface area is 79.1 Å². The number of hydrogen-bond donors (Lipinski definition) is 1. The normalized spacial score (nSPS) is 10.0. The van der Waals surface area contributed by atoms with Crippen LogP contribution in [0.1, 0.15) is 19.0 Å². The van der Waals surface area contributed by atoms with Crippen molar-refractivity contribution in [3.63, 3.8) is 0 Å². The molecule has 1 N–H and O–H groups in total. The Kier molecular flexibility index (Phi) is 4.26. The molecule has 13 heavy (non-hydrogen) atoms. The summed E-state index contributed by atoms with van der Waals surface area (Å²) in [6.45, 7) is 3.49. The van der Waals surface area contributed by atoms with Gasteiger partial charge in [-0.3, -0.25) is 4.98 Å². The van der Waals surface area contributed by atoms with Gasteiger partial charge in [0.05, 0.1) is 12.3 Å². The van der Waals surface area contributed by atoms with E-state index in [1.807, 2.05) is 19.2 Å². The van der Waals surface area contributed by atoms with Gasteiger partial charge in [0, 0.05) is 25.5 Å². The van der Waals surface area contributed by atoms with Crippen molar-refractivity contribution in [1.29, 1.82) is 0 Å². The third kappa shape index (κ3) is 3.42. The van der Waals surface area contributed by atoms with E-state index in [0.717, 1.165) is 24.4 Å². The standard InChI is InChI=1S/C10H16N2O/c1-3-6-13-8-10-7-9(11-2)4-5-12-10/h4-5,7H,3,6,8H2,1-2H3,(H,11,12). The molecule has 3 nitrogen and oxygen atoms in total. The van der Waals surface area contributed by atoms with Crippen molar-refractivity contribution < 1.29 is 4.74 Å². The maximum atomic E-state index is 5.38. The summed E-state index contributed by atoms with van der Waals surface area (Å²) in [6, 6.07) is 3.93. The molecule has 0 aliphatic rings. The van der Waals surface area contributed by atoms with Crippen LogP contribution < -0.4 is 5.32 Å². The Morgan fingerprint density at radius 1 is 1.54 bits per heavy atom. The lowest BCUT2D eigenvalue weighted by Gasteiger charge is -2.04. The molecular formula is C10H16N2O. The Morgan fingerprint density at radius 2 is 2.38 bits per heavy atom. The van der Waals surface area contributed by atoms with Gasteiger partial charge in [-0.1, -0.05) is 6.92 Å². The van der Waals surface area contributed by atoms with Gasteiger partial charge in [0.2, 0.25) is 0 Å². The summed E-state index contributed by atoms with van der Waals surface area (Å²) in [6.07, 6.45) is 2.84. The van der Waals surface area contributed by atoms with Crippen molar-refractivity contribution in [3.05, 3.63) is 24.0 Å². The Bertz CT molecular complexity index is 250. The van der Waals surface area contributed by atoms with E-state index in [0.29, 0.717) is 6.61 Å². The number of rotatable bonds is 5. The average Bonchev–Trinajstić information content (AvgIpc) is 2.19. The second kappa shape index (κ2) is 5.54. The van der Waals surface area contributed by atoms with E-state index >= 15 is 0 Å². The first-order valence-corrected chi connectivity index (χ1v) is 4.57. The molecule has 0 saturated heterocycles. The number of hydrogen-bond acceptors (Lipinski definition) is 3. The molecular weight excluding hydrogens is 164 g/mol. The van der Waals surface area contributed by atoms with Crippen LogP contribution in [0.3, 0.4) is 0 Å². The highest BCUT2D eigenvalue weighted by Crippen LogP contribution is 2.07. The molecule has 3 heteroatoms. The molecule has 0 radical (unpaired) electrons. The lowest BCUT2D eigenvalue weighted by atomic mass is 10.3. The first kappa shape index (κ1) is 9.99. The highest BCUT2D eigenvalue weighted by atomic mass is 16.5. The molecule has 1 aromatic heterocycles. The lowest BCUT2D eigenvalue weighted by Crippen LogP contribution is -1.98. The SMILES string of the molecule is CCCOCc1cc(NC)ccn1. The Hall–Kier alpha value is -1.09. The van der Waals surface area contributed by atoms with Gasteiger partial charge in [-0.15, -0.1) is 0 Å². The molecule has 0 amide bonds. The summed E-state index contributed by atoms with van der Waals surface area (Å²) in [5.41, 5.74) is 2.05. The minimum atomic E-state index is 0.601. The fourth-order valence-electron chi connectivity index (χ4n) is 1.03. The molecule has 0 unspecified atom stereocenters. The summed E-state index contributed by atoms with van der Waals surface area (Å²) in [4.78, 5) is 4.19. The smallest absolute Gasteiger partial charge is 0.0888 e. The van der Waals surface area contributed by atoms with E-state index in [1.165, 1.54) is 0 Å². The van der Waals surface area contributed by atoms with Gasteiger partial charge in [0.25, 0.3) is 0 Å². The van der Waals surface area contributed by atoms with Crippen LogP contribution in [0.25, 0.3) is 0 Å². The largest absolute Gasteiger partial charge is 0.388 e. The molecule has 0 aromatic carbocycles. The molecule has 0 atom stereocenters. The van der Waals surface area contributed by atoms with Crippen LogP contribution in [0.5, 0.6) is 0 Å². The van der Waals surface area contributed by atoms with Crippen LogP contribution >= 0.6 is 0 Å². The minimum absolute atomic E-state index is 0.601. The van der Waals surface area contributed by atoms with Crippen molar-refractivity contribution in [3.8, 4) is 0 Å². The molecule has 72 valence electrons. The van der Waals surface area contributed by atoms with Crippen LogP contribution in [-0.4, -0.2) is 18.6 Å². The van der Waals surface area contributed by atoms with Crippen molar-refractivity contribution in [2.24, 2.45) is 0 Å². The van der Waals surface area contributed by atoms with Crippen LogP contribution in [0.2, 0.25) is 0 Å². The van der Waals surface area contributed by atoms with Crippen LogP contribution in [-0.2, 0) is 11.3 Å². The van der Waals surface area contributed by atoms with Crippen molar-refractivity contribution in [1.82, 2.24) is 4.98 Å². The zero-order valence-corrected chi connectivity index (χ0v) is 8.21. The van der Waals surface area contributed by atoms with Gasteiger partial charge in [-0.2, -0.15) is 0 Å². The summed E-state index contributed by atoms with van der Waals surface area (Å²) in [7, 11) is 1.89.